The molecule has 1 N–H and O–H groups in total. The van der Waals surface area contributed by atoms with Gasteiger partial charge >= 0.3 is 5.97 Å². The average Bonchev–Trinajstić information content (AvgIpc) is 2.00. The number of aliphatic hydroxyl groups is 1. The number of hydrogen-bond donors (Lipinski definition) is 1. The van der Waals surface area contributed by atoms with E-state index in [2.05, 4.69) is 11.3 Å². The van der Waals surface area contributed by atoms with Crippen molar-refractivity contribution in [2.24, 2.45) is 0 Å². The third kappa shape index (κ3) is 3.50. The Kier molecular flexibility index (Phi) is 3.92. The van der Waals surface area contributed by atoms with Crippen molar-refractivity contribution in [3.8, 4) is 0 Å². The van der Waals surface area contributed by atoms with Gasteiger partial charge in [-0.25, -0.2) is 4.79 Å². The number of esters is 1. The first-order valence-corrected chi connectivity index (χ1v) is 3.59. The summed E-state index contributed by atoms with van der Waals surface area (Å²) >= 11 is 0. The highest BCUT2D eigenvalue weighted by atomic mass is 16.5. The van der Waals surface area contributed by atoms with Crippen LogP contribution in [0.25, 0.3) is 0 Å². The molecule has 1 atom stereocenters. The van der Waals surface area contributed by atoms with Crippen LogP contribution in [0.1, 0.15) is 6.92 Å². The number of carbonyl (C=O) groups is 1. The first kappa shape index (κ1) is 11.1. The van der Waals surface area contributed by atoms with Gasteiger partial charge in [0.2, 0.25) is 0 Å². The van der Waals surface area contributed by atoms with E-state index in [1.165, 1.54) is 0 Å². The lowest BCUT2D eigenvalue weighted by Gasteiger charge is -2.29. The fourth-order valence-electron chi connectivity index (χ4n) is 0.396. The van der Waals surface area contributed by atoms with Crippen LogP contribution in [-0.2, 0) is 9.53 Å². The van der Waals surface area contributed by atoms with Crippen molar-refractivity contribution in [2.45, 2.75) is 12.6 Å². The largest absolute Gasteiger partial charge is 0.458 e. The Morgan fingerprint density at radius 2 is 2.25 bits per heavy atom. The van der Waals surface area contributed by atoms with Crippen molar-refractivity contribution < 1.29 is 14.6 Å². The SMILES string of the molecule is C=CC(=O)OCC(C)(O)N(C)C. The van der Waals surface area contributed by atoms with E-state index in [0.29, 0.717) is 0 Å². The lowest BCUT2D eigenvalue weighted by Crippen LogP contribution is -2.45. The fourth-order valence-corrected chi connectivity index (χ4v) is 0.396. The van der Waals surface area contributed by atoms with Crippen LogP contribution < -0.4 is 0 Å². The third-order valence-electron chi connectivity index (χ3n) is 1.62. The molecule has 70 valence electrons. The molecule has 0 aliphatic rings. The zero-order valence-electron chi connectivity index (χ0n) is 7.70. The lowest BCUT2D eigenvalue weighted by atomic mass is 10.2. The Labute approximate surface area is 72.4 Å². The van der Waals surface area contributed by atoms with E-state index in [0.717, 1.165) is 6.08 Å². The molecular weight excluding hydrogens is 158 g/mol. The summed E-state index contributed by atoms with van der Waals surface area (Å²) in [6.07, 6.45) is 1.06. The molecule has 0 aromatic heterocycles. The predicted octanol–water partition coefficient (Wildman–Crippen LogP) is -0.0143. The van der Waals surface area contributed by atoms with Gasteiger partial charge in [0.15, 0.2) is 0 Å². The maximum absolute atomic E-state index is 10.6. The Morgan fingerprint density at radius 3 is 2.58 bits per heavy atom. The van der Waals surface area contributed by atoms with E-state index in [1.807, 2.05) is 0 Å². The predicted molar refractivity (Wildman–Crippen MR) is 45.5 cm³/mol. The molecule has 0 aliphatic heterocycles. The second kappa shape index (κ2) is 4.23. The van der Waals surface area contributed by atoms with Gasteiger partial charge in [-0.1, -0.05) is 6.58 Å². The zero-order valence-corrected chi connectivity index (χ0v) is 7.70. The first-order valence-electron chi connectivity index (χ1n) is 3.59. The molecule has 0 spiro atoms. The standard InChI is InChI=1S/C8H15NO3/c1-5-7(10)12-6-8(2,11)9(3)4/h5,11H,1,6H2,2-4H3. The number of carbonyl (C=O) groups excluding carboxylic acids is 1. The maximum atomic E-state index is 10.6. The van der Waals surface area contributed by atoms with Gasteiger partial charge in [0, 0.05) is 6.08 Å². The van der Waals surface area contributed by atoms with Gasteiger partial charge in [-0.05, 0) is 21.0 Å². The van der Waals surface area contributed by atoms with Gasteiger partial charge in [0.05, 0.1) is 0 Å². The third-order valence-corrected chi connectivity index (χ3v) is 1.62. The monoisotopic (exact) mass is 173 g/mol. The topological polar surface area (TPSA) is 49.8 Å². The minimum atomic E-state index is -1.13. The van der Waals surface area contributed by atoms with Gasteiger partial charge < -0.3 is 9.84 Å². The van der Waals surface area contributed by atoms with Crippen LogP contribution in [0, 0.1) is 0 Å². The van der Waals surface area contributed by atoms with Crippen molar-refractivity contribution in [1.82, 2.24) is 4.90 Å². The summed E-state index contributed by atoms with van der Waals surface area (Å²) in [5.74, 6) is -0.530. The van der Waals surface area contributed by atoms with Crippen LogP contribution in [-0.4, -0.2) is 42.4 Å². The minimum absolute atomic E-state index is 0.0646. The van der Waals surface area contributed by atoms with Crippen LogP contribution in [0.15, 0.2) is 12.7 Å². The van der Waals surface area contributed by atoms with Crippen LogP contribution in [0.2, 0.25) is 0 Å². The number of nitrogens with zero attached hydrogens (tertiary/aromatic N) is 1. The van der Waals surface area contributed by atoms with E-state index < -0.39 is 11.7 Å². The number of hydrogen-bond acceptors (Lipinski definition) is 4. The van der Waals surface area contributed by atoms with Gasteiger partial charge in [0.25, 0.3) is 0 Å². The van der Waals surface area contributed by atoms with Crippen LogP contribution >= 0.6 is 0 Å². The molecule has 4 nitrogen and oxygen atoms in total. The molecule has 0 fully saturated rings. The maximum Gasteiger partial charge on any atom is 0.330 e. The molecule has 12 heavy (non-hydrogen) atoms. The molecule has 0 aliphatic carbocycles. The Hall–Kier alpha value is -0.870. The first-order chi connectivity index (χ1) is 5.40. The molecule has 0 aromatic carbocycles. The highest BCUT2D eigenvalue weighted by molar-refractivity contribution is 5.81. The molecular formula is C8H15NO3. The quantitative estimate of drug-likeness (QED) is 0.369. The van der Waals surface area contributed by atoms with Crippen molar-refractivity contribution >= 4 is 5.97 Å². The van der Waals surface area contributed by atoms with Gasteiger partial charge in [-0.2, -0.15) is 0 Å². The molecule has 0 amide bonds. The summed E-state index contributed by atoms with van der Waals surface area (Å²) in [4.78, 5) is 12.2. The Bertz CT molecular complexity index is 175. The van der Waals surface area contributed by atoms with E-state index in [-0.39, 0.29) is 6.61 Å². The van der Waals surface area contributed by atoms with Crippen molar-refractivity contribution in [3.63, 3.8) is 0 Å². The normalized spacial score (nSPS) is 15.4. The molecule has 0 saturated carbocycles. The van der Waals surface area contributed by atoms with E-state index in [4.69, 9.17) is 0 Å². The van der Waals surface area contributed by atoms with Crippen molar-refractivity contribution in [1.29, 1.82) is 0 Å². The summed E-state index contributed by atoms with van der Waals surface area (Å²) in [5.41, 5.74) is -1.13. The van der Waals surface area contributed by atoms with Crippen LogP contribution in [0.5, 0.6) is 0 Å². The summed E-state index contributed by atoms with van der Waals surface area (Å²) < 4.78 is 4.67. The highest BCUT2D eigenvalue weighted by Gasteiger charge is 2.24. The molecule has 1 unspecified atom stereocenters. The Morgan fingerprint density at radius 1 is 1.75 bits per heavy atom. The summed E-state index contributed by atoms with van der Waals surface area (Å²) in [7, 11) is 3.39. The molecule has 0 bridgehead atoms. The van der Waals surface area contributed by atoms with E-state index >= 15 is 0 Å². The second-order valence-corrected chi connectivity index (χ2v) is 2.92. The Balaban J connectivity index is 3.91. The molecule has 0 rings (SSSR count). The summed E-state index contributed by atoms with van der Waals surface area (Å²) in [6.45, 7) is 4.73. The second-order valence-electron chi connectivity index (χ2n) is 2.92. The molecule has 0 heterocycles. The summed E-state index contributed by atoms with van der Waals surface area (Å²) in [5, 5.41) is 9.55. The van der Waals surface area contributed by atoms with Crippen molar-refractivity contribution in [3.05, 3.63) is 12.7 Å². The molecule has 0 radical (unpaired) electrons. The molecule has 0 saturated heterocycles. The van der Waals surface area contributed by atoms with E-state index in [1.54, 1.807) is 25.9 Å². The van der Waals surface area contributed by atoms with Gasteiger partial charge in [-0.15, -0.1) is 0 Å². The highest BCUT2D eigenvalue weighted by Crippen LogP contribution is 2.06. The minimum Gasteiger partial charge on any atom is -0.458 e. The fraction of sp³-hybridized carbons (Fsp3) is 0.625. The van der Waals surface area contributed by atoms with Crippen LogP contribution in [0.4, 0.5) is 0 Å². The number of likely N-dealkylation sites (N-methyl/N-ethyl adjacent to an activating group) is 1. The number of rotatable bonds is 4. The summed E-state index contributed by atoms with van der Waals surface area (Å²) in [6, 6.07) is 0. The van der Waals surface area contributed by atoms with Crippen LogP contribution in [0.3, 0.4) is 0 Å². The smallest absolute Gasteiger partial charge is 0.330 e. The van der Waals surface area contributed by atoms with E-state index in [9.17, 15) is 9.90 Å². The van der Waals surface area contributed by atoms with Crippen molar-refractivity contribution in [2.75, 3.05) is 20.7 Å². The van der Waals surface area contributed by atoms with Gasteiger partial charge in [0.1, 0.15) is 12.3 Å². The molecule has 4 heteroatoms. The molecule has 0 aromatic rings. The lowest BCUT2D eigenvalue weighted by molar-refractivity contribution is -0.156. The zero-order chi connectivity index (χ0) is 9.78. The average molecular weight is 173 g/mol. The van der Waals surface area contributed by atoms with Gasteiger partial charge in [-0.3, -0.25) is 4.90 Å². The number of ether oxygens (including phenoxy) is 1.